The van der Waals surface area contributed by atoms with E-state index in [9.17, 15) is 10.2 Å². The van der Waals surface area contributed by atoms with E-state index in [2.05, 4.69) is 72.8 Å². The summed E-state index contributed by atoms with van der Waals surface area (Å²) in [6.07, 6.45) is 1.31. The first-order valence-electron chi connectivity index (χ1n) is 16.8. The van der Waals surface area contributed by atoms with Crippen molar-refractivity contribution in [2.75, 3.05) is 69.4 Å². The van der Waals surface area contributed by atoms with Crippen molar-refractivity contribution in [1.29, 1.82) is 0 Å². The Hall–Kier alpha value is -3.48. The summed E-state index contributed by atoms with van der Waals surface area (Å²) in [5.41, 5.74) is 7.38. The minimum atomic E-state index is -0.413. The molecule has 1 fully saturated rings. The Labute approximate surface area is 292 Å². The predicted molar refractivity (Wildman–Crippen MR) is 192 cm³/mol. The summed E-state index contributed by atoms with van der Waals surface area (Å²) in [7, 11) is 11.8. The Morgan fingerprint density at radius 1 is 0.857 bits per heavy atom. The number of aryl methyl sites for hydroxylation is 1. The van der Waals surface area contributed by atoms with Crippen molar-refractivity contribution in [2.45, 2.75) is 58.7 Å². The van der Waals surface area contributed by atoms with Gasteiger partial charge in [-0.3, -0.25) is 4.90 Å². The number of nitrogens with zero attached hydrogens (tertiary/aromatic N) is 2. The molecule has 0 radical (unpaired) electrons. The van der Waals surface area contributed by atoms with E-state index >= 15 is 0 Å². The molecule has 3 aliphatic rings. The van der Waals surface area contributed by atoms with Crippen LogP contribution >= 0.6 is 0 Å². The molecule has 3 aromatic carbocycles. The predicted octanol–water partition coefficient (Wildman–Crippen LogP) is 4.95. The van der Waals surface area contributed by atoms with Crippen molar-refractivity contribution in [1.82, 2.24) is 9.80 Å². The number of rotatable bonds is 6. The molecule has 0 amide bonds. The third-order valence-electron chi connectivity index (χ3n) is 10.00. The van der Waals surface area contributed by atoms with E-state index in [1.54, 1.807) is 35.5 Å². The standard InChI is InChI=1S/C36H47BN2O7.C2H6O/c1-20-16-23-17-26-30(38(5)6)28-25(34(43-8)21(2)35(44-9)32(28)41)14-15-39(26)29(27(23)31(40)33(20)42-7)22-10-12-24(13-11-22)37-45-18-36(3,4)19-46-37;1-3-2/h10-13,16,26,29-30,40-41H,14-15,17-19H2,1-9H3;1-2H3. The van der Waals surface area contributed by atoms with Crippen LogP contribution in [0.25, 0.3) is 0 Å². The van der Waals surface area contributed by atoms with Gasteiger partial charge in [0, 0.05) is 67.7 Å². The minimum absolute atomic E-state index is 0.0149. The van der Waals surface area contributed by atoms with Crippen molar-refractivity contribution in [2.24, 2.45) is 5.41 Å². The molecule has 10 nitrogen and oxygen atoms in total. The average Bonchev–Trinajstić information content (AvgIpc) is 3.22. The number of phenolic OH excluding ortho intramolecular Hbond substituents is 2. The van der Waals surface area contributed by atoms with Gasteiger partial charge < -0.3 is 43.4 Å². The monoisotopic (exact) mass is 676 g/mol. The topological polar surface area (TPSA) is 102 Å². The first-order valence-corrected chi connectivity index (χ1v) is 16.8. The van der Waals surface area contributed by atoms with E-state index in [4.69, 9.17) is 23.5 Å². The van der Waals surface area contributed by atoms with Crippen molar-refractivity contribution in [3.05, 3.63) is 69.3 Å². The number of hydrogen-bond donors (Lipinski definition) is 2. The van der Waals surface area contributed by atoms with Crippen LogP contribution in [0.15, 0.2) is 30.3 Å². The normalized spacial score (nSPS) is 21.5. The lowest BCUT2D eigenvalue weighted by Gasteiger charge is -2.47. The van der Waals surface area contributed by atoms with Crippen LogP contribution in [0.5, 0.6) is 28.7 Å². The molecule has 6 rings (SSSR count). The second-order valence-corrected chi connectivity index (χ2v) is 14.3. The second-order valence-electron chi connectivity index (χ2n) is 14.3. The van der Waals surface area contributed by atoms with Gasteiger partial charge in [0.1, 0.15) is 5.75 Å². The molecule has 3 aliphatic heterocycles. The summed E-state index contributed by atoms with van der Waals surface area (Å²) in [6, 6.07) is 10.0. The molecular weight excluding hydrogens is 623 g/mol. The van der Waals surface area contributed by atoms with Gasteiger partial charge in [0.15, 0.2) is 23.0 Å². The molecule has 3 atom stereocenters. The van der Waals surface area contributed by atoms with Gasteiger partial charge in [0.2, 0.25) is 0 Å². The zero-order chi connectivity index (χ0) is 35.8. The quantitative estimate of drug-likeness (QED) is 0.349. The van der Waals surface area contributed by atoms with E-state index in [0.29, 0.717) is 44.1 Å². The SMILES string of the molecule is COC.COc1c(C)cc2c(c1O)C(c1ccc(B3OCC(C)(C)CO3)cc1)N1CCc3c(OC)c(C)c(OC)c(O)c3C(N(C)C)C1C2. The van der Waals surface area contributed by atoms with E-state index in [0.717, 1.165) is 50.2 Å². The summed E-state index contributed by atoms with van der Waals surface area (Å²) in [5.74, 6) is 2.01. The highest BCUT2D eigenvalue weighted by Gasteiger charge is 2.46. The summed E-state index contributed by atoms with van der Waals surface area (Å²) >= 11 is 0. The van der Waals surface area contributed by atoms with Crippen LogP contribution in [-0.4, -0.2) is 103 Å². The molecule has 49 heavy (non-hydrogen) atoms. The molecule has 0 aliphatic carbocycles. The van der Waals surface area contributed by atoms with Crippen LogP contribution in [0.2, 0.25) is 0 Å². The largest absolute Gasteiger partial charge is 0.504 e. The van der Waals surface area contributed by atoms with Gasteiger partial charge in [0.25, 0.3) is 0 Å². The molecule has 3 unspecified atom stereocenters. The second kappa shape index (κ2) is 14.8. The third kappa shape index (κ3) is 6.71. The van der Waals surface area contributed by atoms with Crippen molar-refractivity contribution in [3.63, 3.8) is 0 Å². The van der Waals surface area contributed by atoms with Gasteiger partial charge in [-0.1, -0.05) is 44.2 Å². The van der Waals surface area contributed by atoms with Crippen LogP contribution in [0, 0.1) is 19.3 Å². The van der Waals surface area contributed by atoms with E-state index < -0.39 is 7.12 Å². The summed E-state index contributed by atoms with van der Waals surface area (Å²) in [5, 5.41) is 23.6. The minimum Gasteiger partial charge on any atom is -0.504 e. The van der Waals surface area contributed by atoms with Gasteiger partial charge in [0.05, 0.1) is 33.4 Å². The molecule has 11 heteroatoms. The Bertz CT molecular complexity index is 1630. The number of ether oxygens (including phenoxy) is 4. The lowest BCUT2D eigenvalue weighted by atomic mass is 9.74. The van der Waals surface area contributed by atoms with Crippen LogP contribution in [-0.2, 0) is 26.9 Å². The van der Waals surface area contributed by atoms with Crippen molar-refractivity contribution >= 4 is 12.6 Å². The molecule has 266 valence electrons. The highest BCUT2D eigenvalue weighted by atomic mass is 16.6. The molecular formula is C38H53BN2O8. The Morgan fingerprint density at radius 2 is 1.43 bits per heavy atom. The lowest BCUT2D eigenvalue weighted by molar-refractivity contribution is 0.0343. The lowest BCUT2D eigenvalue weighted by Crippen LogP contribution is -2.50. The fraction of sp³-hybridized carbons (Fsp3) is 0.526. The van der Waals surface area contributed by atoms with Gasteiger partial charge in [-0.05, 0) is 62.9 Å². The van der Waals surface area contributed by atoms with Crippen molar-refractivity contribution < 1.29 is 38.5 Å². The van der Waals surface area contributed by atoms with Crippen LogP contribution in [0.4, 0.5) is 0 Å². The molecule has 2 N–H and O–H groups in total. The smallest absolute Gasteiger partial charge is 0.493 e. The maximum Gasteiger partial charge on any atom is 0.493 e. The van der Waals surface area contributed by atoms with Crippen LogP contribution in [0.1, 0.15) is 64.9 Å². The summed E-state index contributed by atoms with van der Waals surface area (Å²) in [6.45, 7) is 10.1. The zero-order valence-electron chi connectivity index (χ0n) is 31.0. The highest BCUT2D eigenvalue weighted by molar-refractivity contribution is 6.61. The highest BCUT2D eigenvalue weighted by Crippen LogP contribution is 2.54. The summed E-state index contributed by atoms with van der Waals surface area (Å²) in [4.78, 5) is 4.66. The van der Waals surface area contributed by atoms with Gasteiger partial charge in [-0.25, -0.2) is 0 Å². The van der Waals surface area contributed by atoms with Crippen LogP contribution < -0.4 is 19.7 Å². The molecule has 0 aromatic heterocycles. The number of benzene rings is 3. The fourth-order valence-corrected chi connectivity index (χ4v) is 7.99. The van der Waals surface area contributed by atoms with E-state index in [1.807, 2.05) is 13.8 Å². The fourth-order valence-electron chi connectivity index (χ4n) is 7.99. The van der Waals surface area contributed by atoms with E-state index in [1.165, 1.54) is 0 Å². The Balaban J connectivity index is 0.00000151. The molecule has 3 aromatic rings. The molecule has 0 spiro atoms. The molecule has 3 heterocycles. The van der Waals surface area contributed by atoms with Gasteiger partial charge >= 0.3 is 7.12 Å². The molecule has 0 saturated carbocycles. The van der Waals surface area contributed by atoms with Gasteiger partial charge in [-0.2, -0.15) is 0 Å². The maximum absolute atomic E-state index is 11.8. The number of phenols is 2. The first kappa shape index (κ1) is 36.8. The molecule has 1 saturated heterocycles. The van der Waals surface area contributed by atoms with Crippen molar-refractivity contribution in [3.8, 4) is 28.7 Å². The average molecular weight is 677 g/mol. The van der Waals surface area contributed by atoms with E-state index in [-0.39, 0.29) is 35.0 Å². The number of fused-ring (bicyclic) bond motifs is 3. The Kier molecular flexibility index (Phi) is 11.1. The third-order valence-corrected chi connectivity index (χ3v) is 10.00. The number of likely N-dealkylation sites (N-methyl/N-ethyl adjacent to an activating group) is 1. The first-order chi connectivity index (χ1) is 23.3. The van der Waals surface area contributed by atoms with Gasteiger partial charge in [-0.15, -0.1) is 0 Å². The summed E-state index contributed by atoms with van der Waals surface area (Å²) < 4.78 is 33.9. The molecule has 0 bridgehead atoms. The zero-order valence-corrected chi connectivity index (χ0v) is 31.0. The number of aromatic hydroxyl groups is 2. The number of hydrogen-bond acceptors (Lipinski definition) is 10. The Morgan fingerprint density at radius 3 is 1.98 bits per heavy atom. The number of methoxy groups -OCH3 is 4. The van der Waals surface area contributed by atoms with Crippen LogP contribution in [0.3, 0.4) is 0 Å². The maximum atomic E-state index is 11.8.